The molecule has 1 aliphatic rings. The van der Waals surface area contributed by atoms with Crippen molar-refractivity contribution in [2.45, 2.75) is 44.7 Å². The topological polar surface area (TPSA) is 75.7 Å². The molecule has 1 heterocycles. The fourth-order valence-corrected chi connectivity index (χ4v) is 4.27. The predicted molar refractivity (Wildman–Crippen MR) is 114 cm³/mol. The van der Waals surface area contributed by atoms with Crippen LogP contribution >= 0.6 is 11.6 Å². The maximum absolute atomic E-state index is 12.6. The molecule has 0 bridgehead atoms. The molecule has 1 N–H and O–H groups in total. The molecule has 0 radical (unpaired) electrons. The van der Waals surface area contributed by atoms with Crippen LogP contribution in [0.15, 0.2) is 47.4 Å². The Morgan fingerprint density at radius 1 is 1.21 bits per heavy atom. The van der Waals surface area contributed by atoms with Gasteiger partial charge in [-0.1, -0.05) is 25.4 Å². The number of nitrogens with zero attached hydrogens (tertiary/aromatic N) is 1. The number of halogens is 1. The van der Waals surface area contributed by atoms with Crippen molar-refractivity contribution in [1.82, 2.24) is 4.90 Å². The van der Waals surface area contributed by atoms with E-state index in [1.807, 2.05) is 0 Å². The molecule has 1 atom stereocenters. The summed E-state index contributed by atoms with van der Waals surface area (Å²) in [5, 5.41) is 0.464. The second-order valence-electron chi connectivity index (χ2n) is 7.58. The highest BCUT2D eigenvalue weighted by atomic mass is 35.5. The van der Waals surface area contributed by atoms with Crippen LogP contribution < -0.4 is 9.46 Å². The molecule has 0 aliphatic carbocycles. The van der Waals surface area contributed by atoms with Crippen LogP contribution in [-0.4, -0.2) is 31.9 Å². The average molecular weight is 437 g/mol. The summed E-state index contributed by atoms with van der Waals surface area (Å²) in [6.45, 7) is 6.96. The summed E-state index contributed by atoms with van der Waals surface area (Å²) in [5.41, 5.74) is 1.18. The summed E-state index contributed by atoms with van der Waals surface area (Å²) >= 11 is 5.84. The third-order valence-electron chi connectivity index (χ3n) is 4.74. The van der Waals surface area contributed by atoms with E-state index in [-0.39, 0.29) is 10.8 Å². The molecule has 0 saturated carbocycles. The SMILES string of the molecule is CC(C)CCN1Cc2cc(NS(=O)(=O)c3ccc(Cl)cc3)ccc2O[C@@H](C)C1=O. The van der Waals surface area contributed by atoms with E-state index in [0.717, 1.165) is 12.0 Å². The summed E-state index contributed by atoms with van der Waals surface area (Å²) in [6.07, 6.45) is 0.302. The van der Waals surface area contributed by atoms with Gasteiger partial charge in [0, 0.05) is 29.4 Å². The summed E-state index contributed by atoms with van der Waals surface area (Å²) in [6, 6.07) is 11.0. The number of anilines is 1. The quantitative estimate of drug-likeness (QED) is 0.732. The summed E-state index contributed by atoms with van der Waals surface area (Å²) in [7, 11) is -3.75. The van der Waals surface area contributed by atoms with Crippen LogP contribution in [0.3, 0.4) is 0 Å². The van der Waals surface area contributed by atoms with Gasteiger partial charge in [0.25, 0.3) is 15.9 Å². The van der Waals surface area contributed by atoms with Gasteiger partial charge in [-0.3, -0.25) is 9.52 Å². The summed E-state index contributed by atoms with van der Waals surface area (Å²) in [4.78, 5) is 14.5. The van der Waals surface area contributed by atoms with Crippen molar-refractivity contribution in [2.24, 2.45) is 5.92 Å². The number of amides is 1. The number of fused-ring (bicyclic) bond motifs is 1. The molecule has 2 aromatic carbocycles. The smallest absolute Gasteiger partial charge is 0.263 e. The van der Waals surface area contributed by atoms with Crippen LogP contribution in [-0.2, 0) is 21.4 Å². The van der Waals surface area contributed by atoms with Crippen molar-refractivity contribution in [3.05, 3.63) is 53.1 Å². The van der Waals surface area contributed by atoms with Crippen LogP contribution in [0.1, 0.15) is 32.8 Å². The molecule has 0 spiro atoms. The van der Waals surface area contributed by atoms with E-state index < -0.39 is 16.1 Å². The number of benzene rings is 2. The lowest BCUT2D eigenvalue weighted by Gasteiger charge is -2.23. The minimum atomic E-state index is -3.75. The molecule has 1 aliphatic heterocycles. The first-order valence-corrected chi connectivity index (χ1v) is 11.4. The minimum Gasteiger partial charge on any atom is -0.481 e. The highest BCUT2D eigenvalue weighted by molar-refractivity contribution is 7.92. The molecule has 0 aromatic heterocycles. The first kappa shape index (κ1) is 21.5. The molecule has 0 unspecified atom stereocenters. The number of ether oxygens (including phenoxy) is 1. The Morgan fingerprint density at radius 3 is 2.55 bits per heavy atom. The maximum Gasteiger partial charge on any atom is 0.263 e. The van der Waals surface area contributed by atoms with Gasteiger partial charge in [0.1, 0.15) is 5.75 Å². The Kier molecular flexibility index (Phi) is 6.39. The molecule has 6 nitrogen and oxygen atoms in total. The largest absolute Gasteiger partial charge is 0.481 e. The van der Waals surface area contributed by atoms with Crippen LogP contribution in [0.4, 0.5) is 5.69 Å². The van der Waals surface area contributed by atoms with Crippen molar-refractivity contribution in [3.8, 4) is 5.75 Å². The lowest BCUT2D eigenvalue weighted by Crippen LogP contribution is -2.38. The van der Waals surface area contributed by atoms with E-state index in [2.05, 4.69) is 18.6 Å². The third-order valence-corrected chi connectivity index (χ3v) is 6.39. The fourth-order valence-electron chi connectivity index (χ4n) is 3.09. The van der Waals surface area contributed by atoms with E-state index in [9.17, 15) is 13.2 Å². The molecule has 1 amide bonds. The third kappa shape index (κ3) is 5.22. The number of nitrogens with one attached hydrogen (secondary N) is 1. The number of hydrogen-bond acceptors (Lipinski definition) is 4. The number of rotatable bonds is 6. The normalized spacial score (nSPS) is 16.9. The zero-order chi connectivity index (χ0) is 21.2. The van der Waals surface area contributed by atoms with Crippen LogP contribution in [0.5, 0.6) is 5.75 Å². The van der Waals surface area contributed by atoms with Gasteiger partial charge in [0.05, 0.1) is 4.90 Å². The van der Waals surface area contributed by atoms with Crippen LogP contribution in [0.25, 0.3) is 0 Å². The van der Waals surface area contributed by atoms with E-state index >= 15 is 0 Å². The van der Waals surface area contributed by atoms with Crippen molar-refractivity contribution < 1.29 is 17.9 Å². The van der Waals surface area contributed by atoms with Crippen molar-refractivity contribution in [2.75, 3.05) is 11.3 Å². The van der Waals surface area contributed by atoms with Crippen molar-refractivity contribution in [3.63, 3.8) is 0 Å². The monoisotopic (exact) mass is 436 g/mol. The van der Waals surface area contributed by atoms with Gasteiger partial charge in [0.2, 0.25) is 0 Å². The molecule has 29 heavy (non-hydrogen) atoms. The lowest BCUT2D eigenvalue weighted by molar-refractivity contribution is -0.137. The molecular weight excluding hydrogens is 412 g/mol. The van der Waals surface area contributed by atoms with Gasteiger partial charge in [-0.2, -0.15) is 0 Å². The predicted octanol–water partition coefficient (Wildman–Crippen LogP) is 4.30. The Bertz CT molecular complexity index is 990. The Hall–Kier alpha value is -2.25. The number of hydrogen-bond donors (Lipinski definition) is 1. The highest BCUT2D eigenvalue weighted by Crippen LogP contribution is 2.30. The van der Waals surface area contributed by atoms with Gasteiger partial charge < -0.3 is 9.64 Å². The Morgan fingerprint density at radius 2 is 1.90 bits per heavy atom. The fraction of sp³-hybridized carbons (Fsp3) is 0.381. The van der Waals surface area contributed by atoms with Gasteiger partial charge >= 0.3 is 0 Å². The summed E-state index contributed by atoms with van der Waals surface area (Å²) in [5.74, 6) is 0.997. The Labute approximate surface area is 176 Å². The van der Waals surface area contributed by atoms with Gasteiger partial charge in [0.15, 0.2) is 6.10 Å². The van der Waals surface area contributed by atoms with Crippen LogP contribution in [0, 0.1) is 5.92 Å². The first-order chi connectivity index (χ1) is 13.7. The zero-order valence-electron chi connectivity index (χ0n) is 16.7. The highest BCUT2D eigenvalue weighted by Gasteiger charge is 2.28. The molecule has 3 rings (SSSR count). The second kappa shape index (κ2) is 8.63. The molecule has 156 valence electrons. The molecule has 8 heteroatoms. The minimum absolute atomic E-state index is 0.0647. The lowest BCUT2D eigenvalue weighted by atomic mass is 10.1. The standard InChI is InChI=1S/C21H25ClN2O4S/c1-14(2)10-11-24-13-16-12-18(6-9-20(16)28-15(3)21(24)25)23-29(26,27)19-7-4-17(22)5-8-19/h4-9,12,14-15,23H,10-11,13H2,1-3H3/t15-/m0/s1. The number of sulfonamides is 1. The molecule has 0 fully saturated rings. The molecule has 0 saturated heterocycles. The van der Waals surface area contributed by atoms with Gasteiger partial charge in [-0.05, 0) is 61.7 Å². The maximum atomic E-state index is 12.6. The van der Waals surface area contributed by atoms with E-state index in [0.29, 0.717) is 35.5 Å². The molecule has 2 aromatic rings. The van der Waals surface area contributed by atoms with E-state index in [1.54, 1.807) is 30.0 Å². The van der Waals surface area contributed by atoms with E-state index in [1.165, 1.54) is 24.3 Å². The van der Waals surface area contributed by atoms with Crippen molar-refractivity contribution >= 4 is 33.2 Å². The van der Waals surface area contributed by atoms with Gasteiger partial charge in [-0.25, -0.2) is 8.42 Å². The zero-order valence-corrected chi connectivity index (χ0v) is 18.3. The average Bonchev–Trinajstić information content (AvgIpc) is 2.77. The number of carbonyl (C=O) groups excluding carboxylic acids is 1. The van der Waals surface area contributed by atoms with Crippen LogP contribution in [0.2, 0.25) is 5.02 Å². The molecular formula is C21H25ClN2O4S. The van der Waals surface area contributed by atoms with E-state index in [4.69, 9.17) is 16.3 Å². The Balaban J connectivity index is 1.85. The van der Waals surface area contributed by atoms with Gasteiger partial charge in [-0.15, -0.1) is 0 Å². The van der Waals surface area contributed by atoms with Crippen molar-refractivity contribution in [1.29, 1.82) is 0 Å². The summed E-state index contributed by atoms with van der Waals surface area (Å²) < 4.78 is 33.7. The second-order valence-corrected chi connectivity index (χ2v) is 9.70. The first-order valence-electron chi connectivity index (χ1n) is 9.52. The number of carbonyl (C=O) groups is 1.